The lowest BCUT2D eigenvalue weighted by Gasteiger charge is -2.14. The first kappa shape index (κ1) is 14.8. The summed E-state index contributed by atoms with van der Waals surface area (Å²) in [4.78, 5) is 0. The molecule has 1 N–H and O–H groups in total. The standard InChI is InChI=1S/C11H24O4/c1-3-5-6-7-13-8-9-15-11(10-12)14-4-2/h11-12H,3-10H2,1-2H3. The third-order valence-corrected chi connectivity index (χ3v) is 1.93. The molecule has 0 fully saturated rings. The molecule has 0 bridgehead atoms. The summed E-state index contributed by atoms with van der Waals surface area (Å²) in [6, 6.07) is 0. The van der Waals surface area contributed by atoms with Gasteiger partial charge in [0.05, 0.1) is 19.8 Å². The molecule has 0 amide bonds. The van der Waals surface area contributed by atoms with Gasteiger partial charge in [-0.3, -0.25) is 0 Å². The lowest BCUT2D eigenvalue weighted by molar-refractivity contribution is -0.166. The van der Waals surface area contributed by atoms with Crippen molar-refractivity contribution in [3.8, 4) is 0 Å². The summed E-state index contributed by atoms with van der Waals surface area (Å²) < 4.78 is 15.7. The third kappa shape index (κ3) is 10.1. The zero-order valence-electron chi connectivity index (χ0n) is 9.91. The number of unbranched alkanes of at least 4 members (excludes halogenated alkanes) is 2. The fraction of sp³-hybridized carbons (Fsp3) is 1.00. The van der Waals surface area contributed by atoms with E-state index in [0.717, 1.165) is 13.0 Å². The molecule has 1 atom stereocenters. The molecule has 1 unspecified atom stereocenters. The summed E-state index contributed by atoms with van der Waals surface area (Å²) in [6.07, 6.45) is 3.01. The number of aliphatic hydroxyl groups is 1. The second-order valence-corrected chi connectivity index (χ2v) is 3.26. The Morgan fingerprint density at radius 3 is 2.40 bits per heavy atom. The van der Waals surface area contributed by atoms with Crippen LogP contribution in [0.2, 0.25) is 0 Å². The van der Waals surface area contributed by atoms with Crippen molar-refractivity contribution in [3.05, 3.63) is 0 Å². The van der Waals surface area contributed by atoms with Crippen LogP contribution in [0, 0.1) is 0 Å². The number of rotatable bonds is 11. The van der Waals surface area contributed by atoms with Crippen LogP contribution in [0.5, 0.6) is 0 Å². The van der Waals surface area contributed by atoms with Gasteiger partial charge in [0, 0.05) is 13.2 Å². The van der Waals surface area contributed by atoms with Gasteiger partial charge in [0.1, 0.15) is 0 Å². The second-order valence-electron chi connectivity index (χ2n) is 3.26. The van der Waals surface area contributed by atoms with Crippen molar-refractivity contribution >= 4 is 0 Å². The van der Waals surface area contributed by atoms with Gasteiger partial charge in [-0.2, -0.15) is 0 Å². The third-order valence-electron chi connectivity index (χ3n) is 1.93. The molecule has 0 aliphatic carbocycles. The Morgan fingerprint density at radius 1 is 1.00 bits per heavy atom. The predicted molar refractivity (Wildman–Crippen MR) is 58.8 cm³/mol. The maximum atomic E-state index is 8.84. The fourth-order valence-electron chi connectivity index (χ4n) is 1.13. The Morgan fingerprint density at radius 2 is 1.80 bits per heavy atom. The summed E-state index contributed by atoms with van der Waals surface area (Å²) in [5, 5.41) is 8.84. The second kappa shape index (κ2) is 11.9. The lowest BCUT2D eigenvalue weighted by Crippen LogP contribution is -2.23. The maximum absolute atomic E-state index is 8.84. The Balaban J connectivity index is 3.14. The number of hydrogen-bond donors (Lipinski definition) is 1. The van der Waals surface area contributed by atoms with Crippen LogP contribution in [-0.2, 0) is 14.2 Å². The highest BCUT2D eigenvalue weighted by molar-refractivity contribution is 4.41. The minimum absolute atomic E-state index is 0.107. The van der Waals surface area contributed by atoms with E-state index in [2.05, 4.69) is 6.92 Å². The molecular formula is C11H24O4. The molecule has 0 aromatic heterocycles. The van der Waals surface area contributed by atoms with E-state index < -0.39 is 6.29 Å². The quantitative estimate of drug-likeness (QED) is 0.424. The molecule has 0 spiro atoms. The fourth-order valence-corrected chi connectivity index (χ4v) is 1.13. The minimum atomic E-state index is -0.505. The molecule has 4 nitrogen and oxygen atoms in total. The van der Waals surface area contributed by atoms with E-state index in [4.69, 9.17) is 19.3 Å². The van der Waals surface area contributed by atoms with Gasteiger partial charge in [-0.1, -0.05) is 19.8 Å². The van der Waals surface area contributed by atoms with E-state index in [9.17, 15) is 0 Å². The average molecular weight is 220 g/mol. The van der Waals surface area contributed by atoms with Gasteiger partial charge in [0.25, 0.3) is 0 Å². The van der Waals surface area contributed by atoms with E-state index in [1.165, 1.54) is 12.8 Å². The largest absolute Gasteiger partial charge is 0.391 e. The molecule has 0 radical (unpaired) electrons. The van der Waals surface area contributed by atoms with E-state index in [0.29, 0.717) is 19.8 Å². The molecule has 92 valence electrons. The van der Waals surface area contributed by atoms with Crippen molar-refractivity contribution in [1.82, 2.24) is 0 Å². The maximum Gasteiger partial charge on any atom is 0.180 e. The Bertz CT molecular complexity index is 119. The summed E-state index contributed by atoms with van der Waals surface area (Å²) in [6.45, 7) is 6.29. The van der Waals surface area contributed by atoms with Crippen molar-refractivity contribution in [2.75, 3.05) is 33.0 Å². The molecule has 0 rings (SSSR count). The predicted octanol–water partition coefficient (Wildman–Crippen LogP) is 1.56. The highest BCUT2D eigenvalue weighted by Gasteiger charge is 2.05. The van der Waals surface area contributed by atoms with Gasteiger partial charge >= 0.3 is 0 Å². The Hall–Kier alpha value is -0.160. The minimum Gasteiger partial charge on any atom is -0.391 e. The molecule has 0 saturated heterocycles. The topological polar surface area (TPSA) is 47.9 Å². The highest BCUT2D eigenvalue weighted by atomic mass is 16.7. The number of hydrogen-bond acceptors (Lipinski definition) is 4. The molecule has 0 aliphatic heterocycles. The lowest BCUT2D eigenvalue weighted by atomic mass is 10.3. The molecule has 4 heteroatoms. The number of ether oxygens (including phenoxy) is 3. The zero-order chi connectivity index (χ0) is 11.4. The summed E-state index contributed by atoms with van der Waals surface area (Å²) >= 11 is 0. The molecular weight excluding hydrogens is 196 g/mol. The van der Waals surface area contributed by atoms with E-state index in [1.807, 2.05) is 6.92 Å². The monoisotopic (exact) mass is 220 g/mol. The molecule has 0 saturated carbocycles. The van der Waals surface area contributed by atoms with Gasteiger partial charge in [-0.05, 0) is 13.3 Å². The Kier molecular flexibility index (Phi) is 11.8. The van der Waals surface area contributed by atoms with Gasteiger partial charge < -0.3 is 19.3 Å². The summed E-state index contributed by atoms with van der Waals surface area (Å²) in [7, 11) is 0. The molecule has 0 aliphatic rings. The van der Waals surface area contributed by atoms with Crippen LogP contribution in [0.25, 0.3) is 0 Å². The smallest absolute Gasteiger partial charge is 0.180 e. The first-order valence-electron chi connectivity index (χ1n) is 5.76. The van der Waals surface area contributed by atoms with Crippen molar-refractivity contribution in [2.24, 2.45) is 0 Å². The SMILES string of the molecule is CCCCCOCCOC(CO)OCC. The van der Waals surface area contributed by atoms with Crippen molar-refractivity contribution in [2.45, 2.75) is 39.4 Å². The van der Waals surface area contributed by atoms with Crippen molar-refractivity contribution in [1.29, 1.82) is 0 Å². The van der Waals surface area contributed by atoms with Gasteiger partial charge in [-0.25, -0.2) is 0 Å². The van der Waals surface area contributed by atoms with E-state index in [-0.39, 0.29) is 6.61 Å². The van der Waals surface area contributed by atoms with E-state index in [1.54, 1.807) is 0 Å². The van der Waals surface area contributed by atoms with Gasteiger partial charge in [0.15, 0.2) is 6.29 Å². The van der Waals surface area contributed by atoms with E-state index >= 15 is 0 Å². The van der Waals surface area contributed by atoms with Crippen LogP contribution in [0.1, 0.15) is 33.1 Å². The zero-order valence-corrected chi connectivity index (χ0v) is 9.91. The molecule has 15 heavy (non-hydrogen) atoms. The summed E-state index contributed by atoms with van der Waals surface area (Å²) in [5.74, 6) is 0. The van der Waals surface area contributed by atoms with Crippen LogP contribution in [-0.4, -0.2) is 44.4 Å². The van der Waals surface area contributed by atoms with Crippen molar-refractivity contribution in [3.63, 3.8) is 0 Å². The highest BCUT2D eigenvalue weighted by Crippen LogP contribution is 1.96. The molecule has 0 heterocycles. The average Bonchev–Trinajstić information content (AvgIpc) is 2.26. The van der Waals surface area contributed by atoms with Crippen LogP contribution < -0.4 is 0 Å². The van der Waals surface area contributed by atoms with Gasteiger partial charge in [-0.15, -0.1) is 0 Å². The van der Waals surface area contributed by atoms with Crippen LogP contribution in [0.4, 0.5) is 0 Å². The first-order valence-corrected chi connectivity index (χ1v) is 5.76. The van der Waals surface area contributed by atoms with Crippen molar-refractivity contribution < 1.29 is 19.3 Å². The van der Waals surface area contributed by atoms with Crippen LogP contribution >= 0.6 is 0 Å². The van der Waals surface area contributed by atoms with Crippen LogP contribution in [0.3, 0.4) is 0 Å². The normalized spacial score (nSPS) is 13.0. The number of aliphatic hydroxyl groups excluding tert-OH is 1. The first-order chi connectivity index (χ1) is 7.35. The Labute approximate surface area is 92.5 Å². The van der Waals surface area contributed by atoms with Gasteiger partial charge in [0.2, 0.25) is 0 Å². The van der Waals surface area contributed by atoms with Crippen LogP contribution in [0.15, 0.2) is 0 Å². The molecule has 0 aromatic carbocycles. The summed E-state index contributed by atoms with van der Waals surface area (Å²) in [5.41, 5.74) is 0. The molecule has 0 aromatic rings.